The Labute approximate surface area is 137 Å². The first kappa shape index (κ1) is 24.1. The van der Waals surface area contributed by atoms with Gasteiger partial charge in [-0.25, -0.2) is 0 Å². The Morgan fingerprint density at radius 3 is 1.91 bits per heavy atom. The number of hydrogen-bond acceptors (Lipinski definition) is 5. The van der Waals surface area contributed by atoms with Crippen LogP contribution < -0.4 is 0 Å². The van der Waals surface area contributed by atoms with E-state index in [9.17, 15) is 0 Å². The molecule has 5 nitrogen and oxygen atoms in total. The van der Waals surface area contributed by atoms with Gasteiger partial charge in [0.1, 0.15) is 0 Å². The van der Waals surface area contributed by atoms with Gasteiger partial charge in [-0.3, -0.25) is 0 Å². The van der Waals surface area contributed by atoms with Gasteiger partial charge in [0.25, 0.3) is 0 Å². The lowest BCUT2D eigenvalue weighted by Crippen LogP contribution is -2.24. The third-order valence-corrected chi connectivity index (χ3v) is 2.68. The molecule has 0 saturated carbocycles. The van der Waals surface area contributed by atoms with Crippen molar-refractivity contribution in [1.82, 2.24) is 0 Å². The molecule has 0 spiro atoms. The molecule has 2 N–H and O–H groups in total. The van der Waals surface area contributed by atoms with Crippen LogP contribution in [0.5, 0.6) is 0 Å². The monoisotopic (exact) mass is 322 g/mol. The van der Waals surface area contributed by atoms with E-state index in [0.717, 1.165) is 25.6 Å². The standard InChI is InChI=1S/C9H20O4.C8H18O/c1-7(11)5-12-9(3)6-13-8(2)4-10;1-4-6-9-7-5-8(2)3/h7-11H,4-6H2,1-3H3;8H,4-7H2,1-3H3. The first-order chi connectivity index (χ1) is 10.3. The molecule has 3 atom stereocenters. The molecule has 0 saturated heterocycles. The second-order valence-corrected chi connectivity index (χ2v) is 6.11. The van der Waals surface area contributed by atoms with Crippen LogP contribution in [0.3, 0.4) is 0 Å². The summed E-state index contributed by atoms with van der Waals surface area (Å²) in [4.78, 5) is 0. The molecule has 0 aliphatic carbocycles. The summed E-state index contributed by atoms with van der Waals surface area (Å²) in [6.45, 7) is 14.5. The molecule has 0 rings (SSSR count). The molecule has 0 heterocycles. The molecule has 0 aromatic rings. The zero-order chi connectivity index (χ0) is 17.4. The average Bonchev–Trinajstić information content (AvgIpc) is 2.47. The molecule has 0 bridgehead atoms. The van der Waals surface area contributed by atoms with Gasteiger partial charge in [0, 0.05) is 13.2 Å². The van der Waals surface area contributed by atoms with Crippen LogP contribution >= 0.6 is 0 Å². The Kier molecular flexibility index (Phi) is 18.8. The first-order valence-electron chi connectivity index (χ1n) is 8.43. The van der Waals surface area contributed by atoms with Crippen LogP contribution in [0, 0.1) is 5.92 Å². The van der Waals surface area contributed by atoms with Crippen LogP contribution in [0.25, 0.3) is 0 Å². The van der Waals surface area contributed by atoms with E-state index in [1.807, 2.05) is 6.92 Å². The van der Waals surface area contributed by atoms with Crippen LogP contribution in [-0.4, -0.2) is 61.6 Å². The molecule has 22 heavy (non-hydrogen) atoms. The maximum absolute atomic E-state index is 8.92. The third kappa shape index (κ3) is 22.1. The molecule has 136 valence electrons. The predicted molar refractivity (Wildman–Crippen MR) is 90.2 cm³/mol. The second kappa shape index (κ2) is 17.2. The lowest BCUT2D eigenvalue weighted by molar-refractivity contribution is -0.0620. The van der Waals surface area contributed by atoms with Gasteiger partial charge in [-0.2, -0.15) is 0 Å². The minimum absolute atomic E-state index is 0.0170. The van der Waals surface area contributed by atoms with Gasteiger partial charge >= 0.3 is 0 Å². The molecule has 0 aliphatic rings. The van der Waals surface area contributed by atoms with Gasteiger partial charge in [-0.1, -0.05) is 20.8 Å². The fourth-order valence-corrected chi connectivity index (χ4v) is 1.27. The molecular weight excluding hydrogens is 284 g/mol. The van der Waals surface area contributed by atoms with Crippen LogP contribution in [0.4, 0.5) is 0 Å². The SMILES string of the molecule is CC(O)COC(C)COC(C)CO.CCCOCCC(C)C. The zero-order valence-electron chi connectivity index (χ0n) is 15.4. The summed E-state index contributed by atoms with van der Waals surface area (Å²) in [5.74, 6) is 0.779. The summed E-state index contributed by atoms with van der Waals surface area (Å²) in [5.41, 5.74) is 0. The van der Waals surface area contributed by atoms with Gasteiger partial charge in [-0.15, -0.1) is 0 Å². The summed E-state index contributed by atoms with van der Waals surface area (Å²) >= 11 is 0. The van der Waals surface area contributed by atoms with Crippen LogP contribution in [-0.2, 0) is 14.2 Å². The second-order valence-electron chi connectivity index (χ2n) is 6.11. The van der Waals surface area contributed by atoms with Crippen molar-refractivity contribution in [3.63, 3.8) is 0 Å². The highest BCUT2D eigenvalue weighted by Gasteiger charge is 2.07. The number of ether oxygens (including phenoxy) is 3. The predicted octanol–water partition coefficient (Wildman–Crippen LogP) is 2.63. The highest BCUT2D eigenvalue weighted by Crippen LogP contribution is 1.98. The fraction of sp³-hybridized carbons (Fsp3) is 1.00. The van der Waals surface area contributed by atoms with Crippen molar-refractivity contribution in [2.45, 2.75) is 72.7 Å². The molecule has 0 fully saturated rings. The zero-order valence-corrected chi connectivity index (χ0v) is 15.4. The lowest BCUT2D eigenvalue weighted by atomic mass is 10.1. The largest absolute Gasteiger partial charge is 0.394 e. The summed E-state index contributed by atoms with van der Waals surface area (Å²) in [6.07, 6.45) is 1.68. The van der Waals surface area contributed by atoms with Crippen molar-refractivity contribution in [3.05, 3.63) is 0 Å². The smallest absolute Gasteiger partial charge is 0.0781 e. The van der Waals surface area contributed by atoms with Crippen molar-refractivity contribution in [2.75, 3.05) is 33.0 Å². The molecule has 0 aromatic carbocycles. The van der Waals surface area contributed by atoms with Crippen molar-refractivity contribution in [1.29, 1.82) is 0 Å². The van der Waals surface area contributed by atoms with E-state index < -0.39 is 6.10 Å². The topological polar surface area (TPSA) is 68.2 Å². The molecule has 0 radical (unpaired) electrons. The molecule has 0 amide bonds. The summed E-state index contributed by atoms with van der Waals surface area (Å²) in [6, 6.07) is 0. The van der Waals surface area contributed by atoms with Crippen LogP contribution in [0.15, 0.2) is 0 Å². The average molecular weight is 322 g/mol. The Bertz CT molecular complexity index is 209. The molecule has 0 aromatic heterocycles. The Hall–Kier alpha value is -0.200. The summed E-state index contributed by atoms with van der Waals surface area (Å²) < 4.78 is 15.8. The van der Waals surface area contributed by atoms with E-state index in [1.165, 1.54) is 6.42 Å². The number of aliphatic hydroxyl groups excluding tert-OH is 2. The molecule has 5 heteroatoms. The van der Waals surface area contributed by atoms with E-state index in [2.05, 4.69) is 20.8 Å². The van der Waals surface area contributed by atoms with E-state index in [4.69, 9.17) is 24.4 Å². The highest BCUT2D eigenvalue weighted by atomic mass is 16.5. The van der Waals surface area contributed by atoms with E-state index >= 15 is 0 Å². The van der Waals surface area contributed by atoms with Crippen molar-refractivity contribution in [2.24, 2.45) is 5.92 Å². The third-order valence-electron chi connectivity index (χ3n) is 2.68. The normalized spacial score (nSPS) is 15.1. The summed E-state index contributed by atoms with van der Waals surface area (Å²) in [5, 5.41) is 17.6. The maximum atomic E-state index is 8.92. The Morgan fingerprint density at radius 2 is 1.45 bits per heavy atom. The van der Waals surface area contributed by atoms with Gasteiger partial charge in [-0.05, 0) is 39.5 Å². The Morgan fingerprint density at radius 1 is 0.864 bits per heavy atom. The van der Waals surface area contributed by atoms with E-state index in [1.54, 1.807) is 13.8 Å². The molecule has 0 aliphatic heterocycles. The van der Waals surface area contributed by atoms with E-state index in [0.29, 0.717) is 13.2 Å². The van der Waals surface area contributed by atoms with Gasteiger partial charge in [0.15, 0.2) is 0 Å². The lowest BCUT2D eigenvalue weighted by Gasteiger charge is -2.16. The molecular formula is C17H38O5. The minimum Gasteiger partial charge on any atom is -0.394 e. The molecule has 3 unspecified atom stereocenters. The highest BCUT2D eigenvalue weighted by molar-refractivity contribution is 4.52. The van der Waals surface area contributed by atoms with Crippen LogP contribution in [0.2, 0.25) is 0 Å². The van der Waals surface area contributed by atoms with Crippen molar-refractivity contribution < 1.29 is 24.4 Å². The maximum Gasteiger partial charge on any atom is 0.0781 e. The minimum atomic E-state index is -0.447. The van der Waals surface area contributed by atoms with Crippen molar-refractivity contribution in [3.8, 4) is 0 Å². The first-order valence-corrected chi connectivity index (χ1v) is 8.43. The van der Waals surface area contributed by atoms with Gasteiger partial charge < -0.3 is 24.4 Å². The summed E-state index contributed by atoms with van der Waals surface area (Å²) in [7, 11) is 0. The van der Waals surface area contributed by atoms with Crippen LogP contribution in [0.1, 0.15) is 54.4 Å². The number of rotatable bonds is 12. The van der Waals surface area contributed by atoms with E-state index in [-0.39, 0.29) is 18.8 Å². The quantitative estimate of drug-likeness (QED) is 0.541. The number of aliphatic hydroxyl groups is 2. The van der Waals surface area contributed by atoms with Crippen molar-refractivity contribution >= 4 is 0 Å². The number of hydrogen-bond donors (Lipinski definition) is 2. The van der Waals surface area contributed by atoms with Gasteiger partial charge in [0.05, 0.1) is 38.1 Å². The Balaban J connectivity index is 0. The fourth-order valence-electron chi connectivity index (χ4n) is 1.27. The van der Waals surface area contributed by atoms with Gasteiger partial charge in [0.2, 0.25) is 0 Å².